The van der Waals surface area contributed by atoms with Crippen molar-refractivity contribution in [1.29, 1.82) is 0 Å². The van der Waals surface area contributed by atoms with Crippen LogP contribution in [0.1, 0.15) is 79.4 Å². The molecule has 1 aliphatic heterocycles. The van der Waals surface area contributed by atoms with Gasteiger partial charge in [-0.2, -0.15) is 0 Å². The summed E-state index contributed by atoms with van der Waals surface area (Å²) in [5.41, 5.74) is 5.85. The molecule has 0 spiro atoms. The van der Waals surface area contributed by atoms with Crippen LogP contribution in [-0.2, 0) is 0 Å². The highest BCUT2D eigenvalue weighted by Gasteiger charge is 2.15. The number of nitrogens with zero attached hydrogens (tertiary/aromatic N) is 2. The van der Waals surface area contributed by atoms with E-state index >= 15 is 0 Å². The van der Waals surface area contributed by atoms with E-state index in [0.29, 0.717) is 11.8 Å². The van der Waals surface area contributed by atoms with Crippen LogP contribution < -0.4 is 0 Å². The Balaban J connectivity index is 0.000000216. The van der Waals surface area contributed by atoms with Gasteiger partial charge in [0.05, 0.1) is 0 Å². The number of amides is 1. The van der Waals surface area contributed by atoms with Crippen LogP contribution in [0, 0.1) is 0 Å². The topological polar surface area (TPSA) is 23.6 Å². The molecule has 1 heterocycles. The van der Waals surface area contributed by atoms with Gasteiger partial charge < -0.3 is 9.80 Å². The van der Waals surface area contributed by atoms with Crippen LogP contribution in [0.15, 0.2) is 55.1 Å². The number of benzene rings is 2. The molecule has 2 aromatic rings. The monoisotopic (exact) mass is 406 g/mol. The fourth-order valence-corrected chi connectivity index (χ4v) is 3.54. The molecule has 0 saturated carbocycles. The summed E-state index contributed by atoms with van der Waals surface area (Å²) >= 11 is 0. The van der Waals surface area contributed by atoms with E-state index in [-0.39, 0.29) is 5.91 Å². The van der Waals surface area contributed by atoms with Gasteiger partial charge in [0.15, 0.2) is 0 Å². The first-order chi connectivity index (χ1) is 14.2. The third-order valence-electron chi connectivity index (χ3n) is 5.58. The molecule has 30 heavy (non-hydrogen) atoms. The molecule has 3 rings (SSSR count). The van der Waals surface area contributed by atoms with Gasteiger partial charge in [-0.3, -0.25) is 4.79 Å². The van der Waals surface area contributed by atoms with Gasteiger partial charge in [0.25, 0.3) is 5.91 Å². The maximum absolute atomic E-state index is 11.6. The third-order valence-corrected chi connectivity index (χ3v) is 5.58. The Morgan fingerprint density at radius 1 is 0.867 bits per heavy atom. The van der Waals surface area contributed by atoms with Crippen molar-refractivity contribution >= 4 is 11.6 Å². The summed E-state index contributed by atoms with van der Waals surface area (Å²) in [6, 6.07) is 16.6. The summed E-state index contributed by atoms with van der Waals surface area (Å²) in [7, 11) is 3.54. The first-order valence-corrected chi connectivity index (χ1v) is 11.1. The molecule has 0 N–H and O–H groups in total. The Hall–Kier alpha value is -2.55. The molecule has 0 atom stereocenters. The second-order valence-corrected chi connectivity index (χ2v) is 8.90. The molecule has 3 nitrogen and oxygen atoms in total. The van der Waals surface area contributed by atoms with E-state index in [2.05, 4.69) is 69.5 Å². The molecule has 1 saturated heterocycles. The van der Waals surface area contributed by atoms with E-state index in [1.165, 1.54) is 48.3 Å². The second-order valence-electron chi connectivity index (χ2n) is 8.90. The summed E-state index contributed by atoms with van der Waals surface area (Å²) in [4.78, 5) is 15.6. The number of hydrogen-bond acceptors (Lipinski definition) is 2. The molecule has 0 aromatic heterocycles. The lowest BCUT2D eigenvalue weighted by molar-refractivity contribution is 0.0827. The Kier molecular flexibility index (Phi) is 8.71. The van der Waals surface area contributed by atoms with E-state index in [0.717, 1.165) is 5.56 Å². The molecule has 1 amide bonds. The Labute approximate surface area is 183 Å². The van der Waals surface area contributed by atoms with Crippen LogP contribution in [0.2, 0.25) is 0 Å². The molecule has 1 fully saturated rings. The highest BCUT2D eigenvalue weighted by molar-refractivity contribution is 5.94. The predicted octanol–water partition coefficient (Wildman–Crippen LogP) is 6.39. The standard InChI is InChI=1S/C15H21N.C12H17NO/c1-12(2)14-7-6-8-15(11-14)13(3)16-9-4-5-10-16;1-9(2)10-6-5-7-11(8-10)12(14)13(3)4/h6-8,11-12H,3-5,9-10H2,1-2H3;5-9H,1-4H3. The maximum atomic E-state index is 11.6. The first kappa shape index (κ1) is 23.7. The van der Waals surface area contributed by atoms with Gasteiger partial charge in [0.1, 0.15) is 0 Å². The van der Waals surface area contributed by atoms with Crippen LogP contribution >= 0.6 is 0 Å². The minimum atomic E-state index is 0.0625. The van der Waals surface area contributed by atoms with Crippen LogP contribution in [-0.4, -0.2) is 42.9 Å². The zero-order chi connectivity index (χ0) is 22.3. The molecule has 162 valence electrons. The van der Waals surface area contributed by atoms with Crippen molar-refractivity contribution < 1.29 is 4.79 Å². The van der Waals surface area contributed by atoms with Crippen molar-refractivity contribution in [2.75, 3.05) is 27.2 Å². The highest BCUT2D eigenvalue weighted by atomic mass is 16.2. The van der Waals surface area contributed by atoms with Gasteiger partial charge >= 0.3 is 0 Å². The third kappa shape index (κ3) is 6.48. The number of hydrogen-bond donors (Lipinski definition) is 0. The molecular weight excluding hydrogens is 368 g/mol. The lowest BCUT2D eigenvalue weighted by Gasteiger charge is -2.21. The average molecular weight is 407 g/mol. The van der Waals surface area contributed by atoms with Crippen molar-refractivity contribution in [3.05, 3.63) is 77.4 Å². The van der Waals surface area contributed by atoms with Crippen molar-refractivity contribution in [3.63, 3.8) is 0 Å². The number of likely N-dealkylation sites (tertiary alicyclic amines) is 1. The van der Waals surface area contributed by atoms with Gasteiger partial charge in [0.2, 0.25) is 0 Å². The van der Waals surface area contributed by atoms with E-state index < -0.39 is 0 Å². The molecule has 0 radical (unpaired) electrons. The van der Waals surface area contributed by atoms with Gasteiger partial charge in [-0.1, -0.05) is 64.6 Å². The summed E-state index contributed by atoms with van der Waals surface area (Å²) < 4.78 is 0. The highest BCUT2D eigenvalue weighted by Crippen LogP contribution is 2.25. The van der Waals surface area contributed by atoms with Crippen LogP contribution in [0.3, 0.4) is 0 Å². The maximum Gasteiger partial charge on any atom is 0.253 e. The fourth-order valence-electron chi connectivity index (χ4n) is 3.54. The minimum Gasteiger partial charge on any atom is -0.372 e. The molecule has 0 aliphatic carbocycles. The van der Waals surface area contributed by atoms with E-state index in [4.69, 9.17) is 0 Å². The summed E-state index contributed by atoms with van der Waals surface area (Å²) in [5.74, 6) is 1.11. The average Bonchev–Trinajstić information content (AvgIpc) is 3.28. The largest absolute Gasteiger partial charge is 0.372 e. The van der Waals surface area contributed by atoms with Gasteiger partial charge in [0, 0.05) is 38.4 Å². The van der Waals surface area contributed by atoms with Crippen molar-refractivity contribution in [3.8, 4) is 0 Å². The Bertz CT molecular complexity index is 845. The lowest BCUT2D eigenvalue weighted by Crippen LogP contribution is -2.21. The quantitative estimate of drug-likeness (QED) is 0.574. The molecular formula is C27H38N2O. The molecule has 1 aliphatic rings. The first-order valence-electron chi connectivity index (χ1n) is 11.1. The van der Waals surface area contributed by atoms with E-state index in [9.17, 15) is 4.79 Å². The van der Waals surface area contributed by atoms with Gasteiger partial charge in [-0.25, -0.2) is 0 Å². The van der Waals surface area contributed by atoms with Gasteiger partial charge in [-0.15, -0.1) is 0 Å². The summed E-state index contributed by atoms with van der Waals surface area (Å²) in [5, 5.41) is 0. The molecule has 0 unspecified atom stereocenters. The number of rotatable bonds is 5. The smallest absolute Gasteiger partial charge is 0.253 e. The zero-order valence-corrected chi connectivity index (χ0v) is 19.6. The SMILES string of the molecule is C=C(c1cccc(C(C)C)c1)N1CCCC1.CC(C)c1cccc(C(=O)N(C)C)c1. The predicted molar refractivity (Wildman–Crippen MR) is 129 cm³/mol. The molecule has 0 bridgehead atoms. The Morgan fingerprint density at radius 3 is 1.80 bits per heavy atom. The van der Waals surface area contributed by atoms with Crippen molar-refractivity contribution in [2.45, 2.75) is 52.4 Å². The minimum absolute atomic E-state index is 0.0625. The summed E-state index contributed by atoms with van der Waals surface area (Å²) in [6.45, 7) is 15.3. The summed E-state index contributed by atoms with van der Waals surface area (Å²) in [6.07, 6.45) is 2.62. The molecule has 2 aromatic carbocycles. The Morgan fingerprint density at radius 2 is 1.33 bits per heavy atom. The van der Waals surface area contributed by atoms with Crippen molar-refractivity contribution in [1.82, 2.24) is 9.80 Å². The van der Waals surface area contributed by atoms with Crippen molar-refractivity contribution in [2.24, 2.45) is 0 Å². The van der Waals surface area contributed by atoms with E-state index in [1.54, 1.807) is 19.0 Å². The number of carbonyl (C=O) groups is 1. The second kappa shape index (κ2) is 11.0. The normalized spacial score (nSPS) is 13.3. The fraction of sp³-hybridized carbons (Fsp3) is 0.444. The van der Waals surface area contributed by atoms with Crippen LogP contribution in [0.4, 0.5) is 0 Å². The van der Waals surface area contributed by atoms with E-state index in [1.807, 2.05) is 18.2 Å². The van der Waals surface area contributed by atoms with Gasteiger partial charge in [-0.05, 0) is 59.6 Å². The zero-order valence-electron chi connectivity index (χ0n) is 19.6. The number of carbonyl (C=O) groups excluding carboxylic acids is 1. The lowest BCUT2D eigenvalue weighted by atomic mass is 10.00. The molecule has 3 heteroatoms. The van der Waals surface area contributed by atoms with Crippen LogP contribution in [0.25, 0.3) is 5.70 Å². The van der Waals surface area contributed by atoms with Crippen LogP contribution in [0.5, 0.6) is 0 Å².